The molecule has 2 amide bonds. The average Bonchev–Trinajstić information content (AvgIpc) is 3.34. The number of hydrogen-bond acceptors (Lipinski definition) is 3. The molecule has 1 aromatic heterocycles. The number of benzene rings is 1. The van der Waals surface area contributed by atoms with E-state index in [2.05, 4.69) is 22.2 Å². The van der Waals surface area contributed by atoms with Crippen LogP contribution in [0, 0.1) is 17.8 Å². The van der Waals surface area contributed by atoms with E-state index in [1.165, 1.54) is 0 Å². The molecule has 0 spiro atoms. The Hall–Kier alpha value is -2.34. The van der Waals surface area contributed by atoms with Crippen molar-refractivity contribution in [2.75, 3.05) is 40.3 Å². The first-order valence-electron chi connectivity index (χ1n) is 9.83. The molecule has 2 saturated heterocycles. The van der Waals surface area contributed by atoms with Crippen LogP contribution in [0.5, 0.6) is 0 Å². The van der Waals surface area contributed by atoms with Crippen molar-refractivity contribution < 1.29 is 9.59 Å². The topological polar surface area (TPSA) is 68.4 Å². The zero-order valence-electron chi connectivity index (χ0n) is 16.1. The lowest BCUT2D eigenvalue weighted by Crippen LogP contribution is -2.39. The second-order valence-corrected chi connectivity index (χ2v) is 8.02. The van der Waals surface area contributed by atoms with Gasteiger partial charge in [-0.1, -0.05) is 6.07 Å². The maximum atomic E-state index is 13.1. The largest absolute Gasteiger partial charge is 0.361 e. The van der Waals surface area contributed by atoms with Crippen LogP contribution in [-0.2, 0) is 4.79 Å². The van der Waals surface area contributed by atoms with Crippen molar-refractivity contribution in [3.05, 3.63) is 36.0 Å². The SMILES string of the molecule is CNC(=O)[C@@H]1CN(C(=O)c2ccc3cc[nH]c3c2)C[C@H]1C1CCN(C)CC1. The summed E-state index contributed by atoms with van der Waals surface area (Å²) in [5.41, 5.74) is 1.65. The number of carbonyl (C=O) groups excluding carboxylic acids is 2. The quantitative estimate of drug-likeness (QED) is 0.870. The standard InChI is InChI=1S/C21H28N4O2/c1-22-20(26)18-13-25(12-17(18)14-6-9-24(2)10-7-14)21(27)16-4-3-15-5-8-23-19(15)11-16/h3-5,8,11,14,17-18,23H,6-7,9-10,12-13H2,1-2H3,(H,22,26)/t17-,18+/m0/s1. The normalized spacial score (nSPS) is 24.4. The van der Waals surface area contributed by atoms with Gasteiger partial charge in [0.25, 0.3) is 5.91 Å². The lowest BCUT2D eigenvalue weighted by molar-refractivity contribution is -0.125. The Morgan fingerprint density at radius 2 is 1.93 bits per heavy atom. The summed E-state index contributed by atoms with van der Waals surface area (Å²) in [4.78, 5) is 33.0. The minimum absolute atomic E-state index is 0.0239. The number of H-pyrrole nitrogens is 1. The molecule has 2 aliphatic heterocycles. The van der Waals surface area contributed by atoms with Crippen molar-refractivity contribution in [2.45, 2.75) is 12.8 Å². The lowest BCUT2D eigenvalue weighted by atomic mass is 9.78. The van der Waals surface area contributed by atoms with Crippen LogP contribution in [0.25, 0.3) is 10.9 Å². The third-order valence-corrected chi connectivity index (χ3v) is 6.41. The van der Waals surface area contributed by atoms with Gasteiger partial charge in [-0.3, -0.25) is 9.59 Å². The van der Waals surface area contributed by atoms with Gasteiger partial charge < -0.3 is 20.1 Å². The van der Waals surface area contributed by atoms with Crippen molar-refractivity contribution in [1.82, 2.24) is 20.1 Å². The van der Waals surface area contributed by atoms with Crippen LogP contribution < -0.4 is 5.32 Å². The highest BCUT2D eigenvalue weighted by molar-refractivity contribution is 5.98. The molecule has 0 radical (unpaired) electrons. The van der Waals surface area contributed by atoms with E-state index in [1.807, 2.05) is 35.4 Å². The van der Waals surface area contributed by atoms with Gasteiger partial charge in [0.2, 0.25) is 5.91 Å². The van der Waals surface area contributed by atoms with Gasteiger partial charge in [0.05, 0.1) is 5.92 Å². The van der Waals surface area contributed by atoms with Gasteiger partial charge in [-0.05, 0) is 68.4 Å². The predicted octanol–water partition coefficient (Wildman–Crippen LogP) is 1.94. The van der Waals surface area contributed by atoms with Crippen molar-refractivity contribution in [3.8, 4) is 0 Å². The molecule has 144 valence electrons. The summed E-state index contributed by atoms with van der Waals surface area (Å²) in [7, 11) is 3.84. The number of nitrogens with one attached hydrogen (secondary N) is 2. The van der Waals surface area contributed by atoms with E-state index in [0.29, 0.717) is 24.6 Å². The molecule has 4 rings (SSSR count). The van der Waals surface area contributed by atoms with Crippen molar-refractivity contribution >= 4 is 22.7 Å². The van der Waals surface area contributed by atoms with Crippen LogP contribution in [0.2, 0.25) is 0 Å². The fourth-order valence-corrected chi connectivity index (χ4v) is 4.76. The van der Waals surface area contributed by atoms with E-state index in [4.69, 9.17) is 0 Å². The monoisotopic (exact) mass is 368 g/mol. The van der Waals surface area contributed by atoms with Gasteiger partial charge in [-0.2, -0.15) is 0 Å². The Labute approximate surface area is 159 Å². The second-order valence-electron chi connectivity index (χ2n) is 8.02. The molecule has 0 aliphatic carbocycles. The Morgan fingerprint density at radius 1 is 1.15 bits per heavy atom. The third-order valence-electron chi connectivity index (χ3n) is 6.41. The number of amides is 2. The van der Waals surface area contributed by atoms with Gasteiger partial charge in [0.1, 0.15) is 0 Å². The number of carbonyl (C=O) groups is 2. The third kappa shape index (κ3) is 3.46. The zero-order chi connectivity index (χ0) is 19.0. The molecule has 2 aromatic rings. The molecule has 0 bridgehead atoms. The summed E-state index contributed by atoms with van der Waals surface area (Å²) in [5, 5.41) is 3.91. The molecular weight excluding hydrogens is 340 g/mol. The highest BCUT2D eigenvalue weighted by Crippen LogP contribution is 2.36. The minimum Gasteiger partial charge on any atom is -0.361 e. The summed E-state index contributed by atoms with van der Waals surface area (Å²) in [6, 6.07) is 7.77. The molecule has 2 atom stereocenters. The molecule has 6 heteroatoms. The molecule has 0 saturated carbocycles. The van der Waals surface area contributed by atoms with Crippen LogP contribution in [0.4, 0.5) is 0 Å². The Kier molecular flexibility index (Phi) is 4.91. The lowest BCUT2D eigenvalue weighted by Gasteiger charge is -2.34. The second kappa shape index (κ2) is 7.35. The summed E-state index contributed by atoms with van der Waals surface area (Å²) < 4.78 is 0. The molecule has 2 N–H and O–H groups in total. The highest BCUT2D eigenvalue weighted by Gasteiger charge is 2.43. The van der Waals surface area contributed by atoms with Gasteiger partial charge in [0.15, 0.2) is 0 Å². The van der Waals surface area contributed by atoms with E-state index in [0.717, 1.165) is 36.8 Å². The number of piperidine rings is 1. The van der Waals surface area contributed by atoms with Gasteiger partial charge in [-0.15, -0.1) is 0 Å². The highest BCUT2D eigenvalue weighted by atomic mass is 16.2. The summed E-state index contributed by atoms with van der Waals surface area (Å²) in [6.07, 6.45) is 4.09. The number of nitrogens with zero attached hydrogens (tertiary/aromatic N) is 2. The number of aromatic nitrogens is 1. The smallest absolute Gasteiger partial charge is 0.253 e. The number of rotatable bonds is 3. The first kappa shape index (κ1) is 18.0. The van der Waals surface area contributed by atoms with E-state index >= 15 is 0 Å². The van der Waals surface area contributed by atoms with Crippen molar-refractivity contribution in [2.24, 2.45) is 17.8 Å². The summed E-state index contributed by atoms with van der Waals surface area (Å²) in [6.45, 7) is 3.32. The summed E-state index contributed by atoms with van der Waals surface area (Å²) >= 11 is 0. The Balaban J connectivity index is 1.54. The minimum atomic E-state index is -0.110. The number of hydrogen-bond donors (Lipinski definition) is 2. The van der Waals surface area contributed by atoms with E-state index in [9.17, 15) is 9.59 Å². The van der Waals surface area contributed by atoms with E-state index < -0.39 is 0 Å². The molecule has 2 fully saturated rings. The first-order chi connectivity index (χ1) is 13.1. The van der Waals surface area contributed by atoms with Gasteiger partial charge in [0, 0.05) is 37.4 Å². The number of fused-ring (bicyclic) bond motifs is 1. The van der Waals surface area contributed by atoms with Crippen LogP contribution >= 0.6 is 0 Å². The molecule has 1 aromatic carbocycles. The van der Waals surface area contributed by atoms with E-state index in [1.54, 1.807) is 7.05 Å². The van der Waals surface area contributed by atoms with Gasteiger partial charge >= 0.3 is 0 Å². The average molecular weight is 368 g/mol. The van der Waals surface area contributed by atoms with Crippen molar-refractivity contribution in [3.63, 3.8) is 0 Å². The summed E-state index contributed by atoms with van der Waals surface area (Å²) in [5.74, 6) is 0.732. The zero-order valence-corrected chi connectivity index (χ0v) is 16.1. The maximum Gasteiger partial charge on any atom is 0.253 e. The number of likely N-dealkylation sites (tertiary alicyclic amines) is 2. The van der Waals surface area contributed by atoms with Crippen LogP contribution in [-0.4, -0.2) is 66.9 Å². The molecule has 0 unspecified atom stereocenters. The fourth-order valence-electron chi connectivity index (χ4n) is 4.76. The molecular formula is C21H28N4O2. The predicted molar refractivity (Wildman–Crippen MR) is 105 cm³/mol. The van der Waals surface area contributed by atoms with Crippen LogP contribution in [0.1, 0.15) is 23.2 Å². The van der Waals surface area contributed by atoms with Crippen molar-refractivity contribution in [1.29, 1.82) is 0 Å². The van der Waals surface area contributed by atoms with Crippen LogP contribution in [0.15, 0.2) is 30.5 Å². The molecule has 6 nitrogen and oxygen atoms in total. The maximum absolute atomic E-state index is 13.1. The van der Waals surface area contributed by atoms with Crippen LogP contribution in [0.3, 0.4) is 0 Å². The molecule has 2 aliphatic rings. The van der Waals surface area contributed by atoms with Gasteiger partial charge in [-0.25, -0.2) is 0 Å². The Morgan fingerprint density at radius 3 is 2.67 bits per heavy atom. The first-order valence-corrected chi connectivity index (χ1v) is 9.83. The fraction of sp³-hybridized carbons (Fsp3) is 0.524. The molecule has 27 heavy (non-hydrogen) atoms. The Bertz CT molecular complexity index is 838. The van der Waals surface area contributed by atoms with E-state index in [-0.39, 0.29) is 23.7 Å². The number of aromatic amines is 1. The molecule has 3 heterocycles.